The van der Waals surface area contributed by atoms with Crippen molar-refractivity contribution in [3.63, 3.8) is 0 Å². The van der Waals surface area contributed by atoms with Gasteiger partial charge in [0.1, 0.15) is 11.6 Å². The highest BCUT2D eigenvalue weighted by atomic mass is 32.2. The van der Waals surface area contributed by atoms with Crippen molar-refractivity contribution in [3.05, 3.63) is 29.8 Å². The molecule has 118 valence electrons. The second-order valence-corrected chi connectivity index (χ2v) is 7.16. The van der Waals surface area contributed by atoms with Gasteiger partial charge in [-0.1, -0.05) is 20.3 Å². The Bertz CT molecular complexity index is 452. The summed E-state index contributed by atoms with van der Waals surface area (Å²) in [4.78, 5) is 0.444. The topological polar surface area (TPSA) is 12.0 Å². The molecule has 0 heterocycles. The zero-order valence-electron chi connectivity index (χ0n) is 12.9. The lowest BCUT2D eigenvalue weighted by Gasteiger charge is -2.36. The fourth-order valence-corrected chi connectivity index (χ4v) is 4.46. The van der Waals surface area contributed by atoms with Crippen molar-refractivity contribution >= 4 is 11.8 Å². The molecular formula is C17H25F2NS. The maximum atomic E-state index is 13.9. The van der Waals surface area contributed by atoms with E-state index in [2.05, 4.69) is 19.2 Å². The molecule has 0 spiro atoms. The van der Waals surface area contributed by atoms with Crippen LogP contribution in [0.4, 0.5) is 8.78 Å². The van der Waals surface area contributed by atoms with E-state index in [-0.39, 0.29) is 11.6 Å². The minimum atomic E-state index is -0.361. The van der Waals surface area contributed by atoms with Crippen LogP contribution in [0.15, 0.2) is 23.1 Å². The summed E-state index contributed by atoms with van der Waals surface area (Å²) in [6.07, 6.45) is 5.72. The molecule has 1 saturated carbocycles. The maximum Gasteiger partial charge on any atom is 0.136 e. The number of hydrogen-bond donors (Lipinski definition) is 1. The van der Waals surface area contributed by atoms with Gasteiger partial charge in [-0.05, 0) is 56.3 Å². The molecule has 2 rings (SSSR count). The van der Waals surface area contributed by atoms with E-state index in [1.54, 1.807) is 0 Å². The fraction of sp³-hybridized carbons (Fsp3) is 0.647. The van der Waals surface area contributed by atoms with Crippen LogP contribution in [0.3, 0.4) is 0 Å². The summed E-state index contributed by atoms with van der Waals surface area (Å²) in [7, 11) is 0. The molecule has 1 aliphatic carbocycles. The Morgan fingerprint density at radius 3 is 2.76 bits per heavy atom. The minimum Gasteiger partial charge on any atom is -0.313 e. The van der Waals surface area contributed by atoms with Gasteiger partial charge in [-0.25, -0.2) is 8.78 Å². The molecule has 3 unspecified atom stereocenters. The Labute approximate surface area is 130 Å². The Morgan fingerprint density at radius 2 is 2.05 bits per heavy atom. The van der Waals surface area contributed by atoms with E-state index < -0.39 is 0 Å². The smallest absolute Gasteiger partial charge is 0.136 e. The lowest BCUT2D eigenvalue weighted by Crippen LogP contribution is -2.42. The molecule has 0 aliphatic heterocycles. The molecule has 4 heteroatoms. The summed E-state index contributed by atoms with van der Waals surface area (Å²) < 4.78 is 27.2. The molecule has 1 aromatic rings. The lowest BCUT2D eigenvalue weighted by molar-refractivity contribution is 0.295. The molecule has 3 atom stereocenters. The van der Waals surface area contributed by atoms with Crippen LogP contribution in [0.2, 0.25) is 0 Å². The normalized spacial score (nSPS) is 26.0. The van der Waals surface area contributed by atoms with Crippen LogP contribution in [0.1, 0.15) is 46.0 Å². The molecule has 1 nitrogen and oxygen atoms in total. The van der Waals surface area contributed by atoms with Gasteiger partial charge in [0.25, 0.3) is 0 Å². The average Bonchev–Trinajstić information content (AvgIpc) is 2.49. The predicted molar refractivity (Wildman–Crippen MR) is 85.7 cm³/mol. The van der Waals surface area contributed by atoms with Gasteiger partial charge in [0.15, 0.2) is 0 Å². The first kappa shape index (κ1) is 16.8. The standard InChI is InChI=1S/C17H25F2NS/c1-3-9-20-15-8-5-12(4-2)10-17(15)21-16-11-13(18)6-7-14(16)19/h6-7,11-12,15,17,20H,3-5,8-10H2,1-2H3. The third kappa shape index (κ3) is 4.68. The monoisotopic (exact) mass is 313 g/mol. The molecule has 1 aliphatic rings. The van der Waals surface area contributed by atoms with E-state index in [0.29, 0.717) is 22.1 Å². The van der Waals surface area contributed by atoms with Crippen LogP contribution >= 0.6 is 11.8 Å². The first-order chi connectivity index (χ1) is 10.1. The molecule has 0 amide bonds. The van der Waals surface area contributed by atoms with Gasteiger partial charge < -0.3 is 5.32 Å². The molecule has 0 radical (unpaired) electrons. The van der Waals surface area contributed by atoms with Crippen LogP contribution in [-0.4, -0.2) is 17.8 Å². The van der Waals surface area contributed by atoms with E-state index in [9.17, 15) is 8.78 Å². The van der Waals surface area contributed by atoms with Gasteiger partial charge in [0.05, 0.1) is 0 Å². The Kier molecular flexibility index (Phi) is 6.49. The van der Waals surface area contributed by atoms with E-state index in [1.807, 2.05) is 0 Å². The molecule has 1 fully saturated rings. The summed E-state index contributed by atoms with van der Waals surface area (Å²) in [5.41, 5.74) is 0. The SMILES string of the molecule is CCCNC1CCC(CC)CC1Sc1cc(F)ccc1F. The van der Waals surface area contributed by atoms with Crippen LogP contribution < -0.4 is 5.32 Å². The van der Waals surface area contributed by atoms with Gasteiger partial charge in [0.2, 0.25) is 0 Å². The van der Waals surface area contributed by atoms with Gasteiger partial charge in [-0.2, -0.15) is 0 Å². The first-order valence-corrected chi connectivity index (χ1v) is 8.87. The van der Waals surface area contributed by atoms with Crippen molar-refractivity contribution < 1.29 is 8.78 Å². The molecule has 1 aromatic carbocycles. The van der Waals surface area contributed by atoms with Crippen molar-refractivity contribution in [1.29, 1.82) is 0 Å². The van der Waals surface area contributed by atoms with E-state index in [1.165, 1.54) is 42.8 Å². The number of rotatable bonds is 6. The Hall–Kier alpha value is -0.610. The van der Waals surface area contributed by atoms with Crippen LogP contribution in [0.5, 0.6) is 0 Å². The third-order valence-electron chi connectivity index (χ3n) is 4.31. The Balaban J connectivity index is 2.09. The highest BCUT2D eigenvalue weighted by Gasteiger charge is 2.30. The van der Waals surface area contributed by atoms with E-state index >= 15 is 0 Å². The summed E-state index contributed by atoms with van der Waals surface area (Å²) in [6, 6.07) is 4.14. The number of nitrogens with one attached hydrogen (secondary N) is 1. The van der Waals surface area contributed by atoms with E-state index in [4.69, 9.17) is 0 Å². The van der Waals surface area contributed by atoms with Crippen molar-refractivity contribution in [1.82, 2.24) is 5.32 Å². The fourth-order valence-electron chi connectivity index (χ4n) is 3.01. The summed E-state index contributed by atoms with van der Waals surface area (Å²) in [6.45, 7) is 5.36. The van der Waals surface area contributed by atoms with Gasteiger partial charge in [-0.15, -0.1) is 11.8 Å². The van der Waals surface area contributed by atoms with Crippen molar-refractivity contribution in [2.75, 3.05) is 6.54 Å². The average molecular weight is 313 g/mol. The zero-order valence-corrected chi connectivity index (χ0v) is 13.7. The van der Waals surface area contributed by atoms with Crippen molar-refractivity contribution in [3.8, 4) is 0 Å². The summed E-state index contributed by atoms with van der Waals surface area (Å²) >= 11 is 1.51. The molecular weight excluding hydrogens is 288 g/mol. The Morgan fingerprint density at radius 1 is 1.24 bits per heavy atom. The number of thioether (sulfide) groups is 1. The zero-order chi connectivity index (χ0) is 15.2. The third-order valence-corrected chi connectivity index (χ3v) is 5.70. The second kappa shape index (κ2) is 8.14. The molecule has 0 saturated heterocycles. The van der Waals surface area contributed by atoms with Crippen LogP contribution in [0, 0.1) is 17.6 Å². The maximum absolute atomic E-state index is 13.9. The first-order valence-electron chi connectivity index (χ1n) is 7.99. The van der Waals surface area contributed by atoms with Gasteiger partial charge in [-0.3, -0.25) is 0 Å². The lowest BCUT2D eigenvalue weighted by atomic mass is 9.84. The minimum absolute atomic E-state index is 0.311. The van der Waals surface area contributed by atoms with Crippen molar-refractivity contribution in [2.24, 2.45) is 5.92 Å². The molecule has 1 N–H and O–H groups in total. The predicted octanol–water partition coefficient (Wildman–Crippen LogP) is 5.00. The van der Waals surface area contributed by atoms with Gasteiger partial charge >= 0.3 is 0 Å². The number of halogens is 2. The highest BCUT2D eigenvalue weighted by Crippen LogP contribution is 2.38. The van der Waals surface area contributed by atoms with E-state index in [0.717, 1.165) is 25.8 Å². The largest absolute Gasteiger partial charge is 0.313 e. The summed E-state index contributed by atoms with van der Waals surface area (Å²) in [5, 5.41) is 3.91. The van der Waals surface area contributed by atoms with Gasteiger partial charge in [0, 0.05) is 16.2 Å². The molecule has 21 heavy (non-hydrogen) atoms. The number of hydrogen-bond acceptors (Lipinski definition) is 2. The highest BCUT2D eigenvalue weighted by molar-refractivity contribution is 8.00. The van der Waals surface area contributed by atoms with Crippen LogP contribution in [-0.2, 0) is 0 Å². The summed E-state index contributed by atoms with van der Waals surface area (Å²) in [5.74, 6) is 0.0351. The van der Waals surface area contributed by atoms with Crippen LogP contribution in [0.25, 0.3) is 0 Å². The second-order valence-electron chi connectivity index (χ2n) is 5.88. The van der Waals surface area contributed by atoms with Crippen molar-refractivity contribution in [2.45, 2.75) is 62.1 Å². The quantitative estimate of drug-likeness (QED) is 0.793. The molecule has 0 aromatic heterocycles. The molecule has 0 bridgehead atoms. The number of benzene rings is 1.